The van der Waals surface area contributed by atoms with E-state index in [9.17, 15) is 20.2 Å². The summed E-state index contributed by atoms with van der Waals surface area (Å²) in [4.78, 5) is 20.7. The number of hydrazine groups is 3. The van der Waals surface area contributed by atoms with Crippen LogP contribution in [0.1, 0.15) is 0 Å². The van der Waals surface area contributed by atoms with Crippen molar-refractivity contribution in [1.29, 1.82) is 0 Å². The molecule has 1 aliphatic rings. The summed E-state index contributed by atoms with van der Waals surface area (Å²) in [5, 5.41) is 37.2. The lowest BCUT2D eigenvalue weighted by atomic mass is 10.7. The maximum absolute atomic E-state index is 10.4. The highest BCUT2D eigenvalue weighted by atomic mass is 16.8. The van der Waals surface area contributed by atoms with Crippen molar-refractivity contribution in [3.63, 3.8) is 0 Å². The molecule has 15 heavy (non-hydrogen) atoms. The lowest BCUT2D eigenvalue weighted by molar-refractivity contribution is -0.736. The summed E-state index contributed by atoms with van der Waals surface area (Å²) < 4.78 is 0. The Labute approximate surface area is 82.2 Å². The first-order valence-corrected chi connectivity index (χ1v) is 3.63. The Balaban J connectivity index is 2.72. The summed E-state index contributed by atoms with van der Waals surface area (Å²) in [6.07, 6.45) is 0. The van der Waals surface area contributed by atoms with E-state index < -0.39 is 35.4 Å². The smallest absolute Gasteiger partial charge is 0.211 e. The van der Waals surface area contributed by atoms with Crippen LogP contribution in [0.5, 0.6) is 0 Å². The first kappa shape index (κ1) is 11.3. The van der Waals surface area contributed by atoms with Gasteiger partial charge in [-0.1, -0.05) is 10.0 Å². The highest BCUT2D eigenvalue weighted by molar-refractivity contribution is 4.51. The second-order valence-electron chi connectivity index (χ2n) is 2.69. The van der Waals surface area contributed by atoms with Crippen molar-refractivity contribution in [3.8, 4) is 0 Å². The molecule has 1 heterocycles. The van der Waals surface area contributed by atoms with Crippen LogP contribution in [0.2, 0.25) is 0 Å². The van der Waals surface area contributed by atoms with Gasteiger partial charge in [0.2, 0.25) is 6.67 Å². The predicted octanol–water partition coefficient (Wildman–Crippen LogP) is -1.84. The summed E-state index contributed by atoms with van der Waals surface area (Å²) in [6, 6.07) is 0. The van der Waals surface area contributed by atoms with Gasteiger partial charge in [0.1, 0.15) is 0 Å². The minimum Gasteiger partial charge on any atom is -0.275 e. The summed E-state index contributed by atoms with van der Waals surface area (Å²) in [7, 11) is 0. The fourth-order valence-electron chi connectivity index (χ4n) is 1.02. The van der Waals surface area contributed by atoms with E-state index in [0.29, 0.717) is 15.0 Å². The van der Waals surface area contributed by atoms with Crippen LogP contribution in [0.15, 0.2) is 0 Å². The van der Waals surface area contributed by atoms with Gasteiger partial charge in [-0.25, -0.2) is 20.2 Å². The van der Waals surface area contributed by atoms with Crippen LogP contribution in [0.25, 0.3) is 0 Å². The molecular weight excluding hydrogens is 216 g/mol. The molecular formula is C3H8N6O6. The van der Waals surface area contributed by atoms with Crippen molar-refractivity contribution in [2.75, 3.05) is 20.0 Å². The van der Waals surface area contributed by atoms with E-state index in [0.717, 1.165) is 0 Å². The third-order valence-corrected chi connectivity index (χ3v) is 1.69. The summed E-state index contributed by atoms with van der Waals surface area (Å²) in [5.74, 6) is 0. The Morgan fingerprint density at radius 2 is 1.40 bits per heavy atom. The topological polar surface area (TPSA) is 140 Å². The van der Waals surface area contributed by atoms with Crippen LogP contribution in [-0.2, 0) is 0 Å². The molecule has 1 rings (SSSR count). The van der Waals surface area contributed by atoms with Crippen LogP contribution in [0, 0.1) is 20.2 Å². The zero-order valence-electron chi connectivity index (χ0n) is 7.33. The molecule has 0 aliphatic carbocycles. The number of nitrogens with zero attached hydrogens (tertiary/aromatic N) is 6. The molecule has 0 aromatic carbocycles. The molecule has 0 unspecified atom stereocenters. The van der Waals surface area contributed by atoms with E-state index in [1.165, 1.54) is 0 Å². The van der Waals surface area contributed by atoms with Gasteiger partial charge >= 0.3 is 0 Å². The molecule has 0 aromatic rings. The molecule has 2 N–H and O–H groups in total. The first-order chi connectivity index (χ1) is 6.91. The number of hydrogen-bond acceptors (Lipinski definition) is 8. The lowest BCUT2D eigenvalue weighted by Crippen LogP contribution is -2.61. The molecule has 0 amide bonds. The van der Waals surface area contributed by atoms with Crippen LogP contribution in [-0.4, -0.2) is 60.8 Å². The van der Waals surface area contributed by atoms with E-state index in [-0.39, 0.29) is 0 Å². The third-order valence-electron chi connectivity index (χ3n) is 1.69. The number of nitro groups is 2. The van der Waals surface area contributed by atoms with E-state index in [2.05, 4.69) is 0 Å². The lowest BCUT2D eigenvalue weighted by Gasteiger charge is -2.33. The van der Waals surface area contributed by atoms with Gasteiger partial charge in [0.25, 0.3) is 0 Å². The fourth-order valence-corrected chi connectivity index (χ4v) is 1.02. The number of rotatable bonds is 3. The summed E-state index contributed by atoms with van der Waals surface area (Å²) in [6.45, 7) is -1.47. The predicted molar refractivity (Wildman–Crippen MR) is 39.5 cm³/mol. The van der Waals surface area contributed by atoms with Gasteiger partial charge in [0.05, 0.1) is 0 Å². The van der Waals surface area contributed by atoms with E-state index >= 15 is 0 Å². The molecule has 12 heteroatoms. The average molecular weight is 224 g/mol. The van der Waals surface area contributed by atoms with Crippen molar-refractivity contribution in [2.45, 2.75) is 0 Å². The van der Waals surface area contributed by atoms with Crippen LogP contribution in [0.3, 0.4) is 0 Å². The molecule has 0 radical (unpaired) electrons. The molecule has 0 bridgehead atoms. The van der Waals surface area contributed by atoms with Crippen molar-refractivity contribution >= 4 is 0 Å². The van der Waals surface area contributed by atoms with Gasteiger partial charge in [-0.3, -0.25) is 10.4 Å². The van der Waals surface area contributed by atoms with Crippen molar-refractivity contribution in [3.05, 3.63) is 20.2 Å². The molecule has 86 valence electrons. The third kappa shape index (κ3) is 2.59. The maximum atomic E-state index is 10.4. The van der Waals surface area contributed by atoms with Gasteiger partial charge in [0.15, 0.2) is 23.4 Å². The van der Waals surface area contributed by atoms with Gasteiger partial charge in [-0.05, 0) is 0 Å². The molecule has 1 fully saturated rings. The first-order valence-electron chi connectivity index (χ1n) is 3.63. The minimum atomic E-state index is -0.869. The Morgan fingerprint density at radius 1 is 1.00 bits per heavy atom. The number of hydrogen-bond donors (Lipinski definition) is 2. The molecule has 0 atom stereocenters. The molecule has 1 aliphatic heterocycles. The standard InChI is InChI=1S/C3H8N6O6/c10-7(11)4-1-5(8(12)13)3-6(2-4)9(14)15/h10-11H,1-3H2. The Morgan fingerprint density at radius 3 is 1.67 bits per heavy atom. The van der Waals surface area contributed by atoms with Gasteiger partial charge in [-0.15, -0.1) is 5.01 Å². The summed E-state index contributed by atoms with van der Waals surface area (Å²) >= 11 is 0. The van der Waals surface area contributed by atoms with Gasteiger partial charge in [0, 0.05) is 5.34 Å². The van der Waals surface area contributed by atoms with E-state index in [1.807, 2.05) is 0 Å². The quantitative estimate of drug-likeness (QED) is 0.414. The average Bonchev–Trinajstić information content (AvgIpc) is 2.16. The maximum Gasteiger partial charge on any atom is 0.211 e. The van der Waals surface area contributed by atoms with E-state index in [1.54, 1.807) is 0 Å². The van der Waals surface area contributed by atoms with Gasteiger partial charge < -0.3 is 0 Å². The molecule has 1 saturated heterocycles. The summed E-state index contributed by atoms with van der Waals surface area (Å²) in [5.41, 5.74) is 0. The van der Waals surface area contributed by atoms with Crippen LogP contribution < -0.4 is 0 Å². The molecule has 0 saturated carbocycles. The van der Waals surface area contributed by atoms with Crippen LogP contribution >= 0.6 is 0 Å². The second kappa shape index (κ2) is 4.18. The Hall–Kier alpha value is -1.76. The monoisotopic (exact) mass is 224 g/mol. The highest BCUT2D eigenvalue weighted by Gasteiger charge is 2.36. The Bertz CT molecular complexity index is 248. The zero-order chi connectivity index (χ0) is 11.6. The molecule has 0 spiro atoms. The fraction of sp³-hybridized carbons (Fsp3) is 1.00. The Kier molecular flexibility index (Phi) is 3.15. The second-order valence-corrected chi connectivity index (χ2v) is 2.69. The van der Waals surface area contributed by atoms with Crippen LogP contribution in [0.4, 0.5) is 0 Å². The van der Waals surface area contributed by atoms with Crippen molar-refractivity contribution < 1.29 is 20.5 Å². The van der Waals surface area contributed by atoms with E-state index in [4.69, 9.17) is 10.4 Å². The van der Waals surface area contributed by atoms with Crippen molar-refractivity contribution in [1.82, 2.24) is 20.4 Å². The highest BCUT2D eigenvalue weighted by Crippen LogP contribution is 2.07. The molecule has 12 nitrogen and oxygen atoms in total. The normalized spacial score (nSPS) is 18.3. The van der Waals surface area contributed by atoms with Gasteiger partial charge in [-0.2, -0.15) is 0 Å². The largest absolute Gasteiger partial charge is 0.275 e. The zero-order valence-corrected chi connectivity index (χ0v) is 7.33. The molecule has 0 aromatic heterocycles. The minimum absolute atomic E-state index is 0.424. The van der Waals surface area contributed by atoms with Crippen molar-refractivity contribution in [2.24, 2.45) is 0 Å². The SMILES string of the molecule is O=[N+]([O-])N1CN(N(O)O)CN([N+](=O)[O-])C1.